The summed E-state index contributed by atoms with van der Waals surface area (Å²) in [4.78, 5) is 13.6. The van der Waals surface area contributed by atoms with Gasteiger partial charge in [-0.25, -0.2) is 4.79 Å². The Balaban J connectivity index is 3.40. The van der Waals surface area contributed by atoms with Crippen molar-refractivity contribution in [3.63, 3.8) is 0 Å². The van der Waals surface area contributed by atoms with Crippen molar-refractivity contribution >= 4 is 23.4 Å². The van der Waals surface area contributed by atoms with Crippen LogP contribution in [-0.2, 0) is 4.84 Å². The molecule has 0 saturated carbocycles. The Morgan fingerprint density at radius 2 is 2.25 bits per heavy atom. The fourth-order valence-electron chi connectivity index (χ4n) is 0.130. The van der Waals surface area contributed by atoms with Crippen LogP contribution in [-0.4, -0.2) is 11.2 Å². The van der Waals surface area contributed by atoms with E-state index in [1.807, 2.05) is 5.32 Å². The van der Waals surface area contributed by atoms with Crippen LogP contribution >= 0.6 is 12.2 Å². The Kier molecular flexibility index (Phi) is 2.82. The Bertz CT molecular complexity index is 114. The topological polar surface area (TPSA) is 90.4 Å². The van der Waals surface area contributed by atoms with Gasteiger partial charge in [-0.05, 0) is 12.2 Å². The molecular weight excluding hydrogens is 130 g/mol. The first-order chi connectivity index (χ1) is 3.66. The van der Waals surface area contributed by atoms with Crippen molar-refractivity contribution in [2.45, 2.75) is 0 Å². The molecule has 0 rings (SSSR count). The van der Waals surface area contributed by atoms with Gasteiger partial charge in [-0.1, -0.05) is 0 Å². The largest absolute Gasteiger partial charge is 0.432 e. The van der Waals surface area contributed by atoms with Crippen LogP contribution < -0.4 is 16.9 Å². The maximum atomic E-state index is 10.00. The van der Waals surface area contributed by atoms with Gasteiger partial charge in [-0.2, -0.15) is 5.90 Å². The summed E-state index contributed by atoms with van der Waals surface area (Å²) in [5, 5.41) is 1.75. The van der Waals surface area contributed by atoms with Crippen LogP contribution in [0.15, 0.2) is 0 Å². The predicted molar refractivity (Wildman–Crippen MR) is 30.6 cm³/mol. The molecular formula is C2H5N3O2S. The monoisotopic (exact) mass is 135 g/mol. The standard InChI is InChI=1S/C2H5N3O2S/c3-1(8)5-2(6)7-4/h4H2,(H3,3,5,6,8). The van der Waals surface area contributed by atoms with E-state index in [-0.39, 0.29) is 5.11 Å². The van der Waals surface area contributed by atoms with Gasteiger partial charge in [-0.3, -0.25) is 5.32 Å². The van der Waals surface area contributed by atoms with E-state index < -0.39 is 6.09 Å². The lowest BCUT2D eigenvalue weighted by atomic mass is 11.0. The van der Waals surface area contributed by atoms with E-state index in [9.17, 15) is 4.79 Å². The van der Waals surface area contributed by atoms with Crippen LogP contribution in [0.4, 0.5) is 4.79 Å². The molecule has 0 spiro atoms. The van der Waals surface area contributed by atoms with Crippen molar-refractivity contribution in [1.82, 2.24) is 5.32 Å². The summed E-state index contributed by atoms with van der Waals surface area (Å²) < 4.78 is 0. The minimum Gasteiger partial charge on any atom is -0.376 e. The molecule has 0 aliphatic heterocycles. The maximum Gasteiger partial charge on any atom is 0.432 e. The molecule has 6 heteroatoms. The van der Waals surface area contributed by atoms with Crippen LogP contribution in [0.25, 0.3) is 0 Å². The highest BCUT2D eigenvalue weighted by molar-refractivity contribution is 7.80. The van der Waals surface area contributed by atoms with Crippen LogP contribution in [0.1, 0.15) is 0 Å². The molecule has 0 aromatic carbocycles. The van der Waals surface area contributed by atoms with E-state index in [1.54, 1.807) is 0 Å². The lowest BCUT2D eigenvalue weighted by Crippen LogP contribution is -2.36. The highest BCUT2D eigenvalue weighted by atomic mass is 32.1. The molecule has 0 aliphatic carbocycles. The van der Waals surface area contributed by atoms with Crippen molar-refractivity contribution in [1.29, 1.82) is 0 Å². The Morgan fingerprint density at radius 1 is 1.75 bits per heavy atom. The molecule has 0 unspecified atom stereocenters. The number of thiocarbonyl (C=S) groups is 1. The molecule has 0 fully saturated rings. The Morgan fingerprint density at radius 3 is 2.38 bits per heavy atom. The van der Waals surface area contributed by atoms with Crippen LogP contribution in [0, 0.1) is 0 Å². The van der Waals surface area contributed by atoms with Gasteiger partial charge in [0.05, 0.1) is 0 Å². The number of rotatable bonds is 0. The molecule has 0 aromatic rings. The predicted octanol–water partition coefficient (Wildman–Crippen LogP) is -1.17. The SMILES string of the molecule is NOC(=O)NC(N)=S. The minimum atomic E-state index is -0.863. The van der Waals surface area contributed by atoms with E-state index in [2.05, 4.69) is 23.0 Å². The number of hydrogen-bond donors (Lipinski definition) is 3. The van der Waals surface area contributed by atoms with Crippen LogP contribution in [0.2, 0.25) is 0 Å². The summed E-state index contributed by atoms with van der Waals surface area (Å²) in [7, 11) is 0. The lowest BCUT2D eigenvalue weighted by Gasteiger charge is -1.95. The molecule has 1 amide bonds. The zero-order valence-electron chi connectivity index (χ0n) is 3.88. The van der Waals surface area contributed by atoms with Gasteiger partial charge in [0.15, 0.2) is 5.11 Å². The molecule has 0 bridgehead atoms. The third-order valence-corrected chi connectivity index (χ3v) is 0.434. The summed E-state index contributed by atoms with van der Waals surface area (Å²) in [5.41, 5.74) is 4.83. The van der Waals surface area contributed by atoms with Crippen molar-refractivity contribution in [3.8, 4) is 0 Å². The summed E-state index contributed by atoms with van der Waals surface area (Å²) in [5.74, 6) is 4.39. The van der Waals surface area contributed by atoms with E-state index in [0.717, 1.165) is 0 Å². The van der Waals surface area contributed by atoms with Crippen molar-refractivity contribution in [2.24, 2.45) is 11.6 Å². The normalized spacial score (nSPS) is 7.62. The Hall–Kier alpha value is -0.880. The number of nitrogens with two attached hydrogens (primary N) is 2. The highest BCUT2D eigenvalue weighted by Crippen LogP contribution is 1.64. The van der Waals surface area contributed by atoms with Gasteiger partial charge >= 0.3 is 6.09 Å². The van der Waals surface area contributed by atoms with Crippen LogP contribution in [0.5, 0.6) is 0 Å². The smallest absolute Gasteiger partial charge is 0.376 e. The maximum absolute atomic E-state index is 10.00. The molecule has 0 aromatic heterocycles. The average molecular weight is 135 g/mol. The summed E-state index contributed by atoms with van der Waals surface area (Å²) in [6, 6.07) is 0. The molecule has 46 valence electrons. The number of nitrogens with one attached hydrogen (secondary N) is 1. The number of amides is 1. The first-order valence-electron chi connectivity index (χ1n) is 1.64. The second kappa shape index (κ2) is 3.16. The van der Waals surface area contributed by atoms with Gasteiger partial charge in [0.2, 0.25) is 0 Å². The van der Waals surface area contributed by atoms with E-state index in [0.29, 0.717) is 0 Å². The zero-order chi connectivity index (χ0) is 6.57. The molecule has 5 N–H and O–H groups in total. The van der Waals surface area contributed by atoms with Crippen LogP contribution in [0.3, 0.4) is 0 Å². The second-order valence-electron chi connectivity index (χ2n) is 0.895. The van der Waals surface area contributed by atoms with E-state index in [4.69, 9.17) is 5.73 Å². The summed E-state index contributed by atoms with van der Waals surface area (Å²) >= 11 is 4.25. The average Bonchev–Trinajstić information content (AvgIpc) is 1.65. The van der Waals surface area contributed by atoms with Crippen molar-refractivity contribution < 1.29 is 9.63 Å². The molecule has 8 heavy (non-hydrogen) atoms. The van der Waals surface area contributed by atoms with Gasteiger partial charge in [0.1, 0.15) is 0 Å². The molecule has 0 aliphatic rings. The second-order valence-corrected chi connectivity index (χ2v) is 1.33. The fourth-order valence-corrected chi connectivity index (χ4v) is 0.213. The van der Waals surface area contributed by atoms with Gasteiger partial charge in [0.25, 0.3) is 0 Å². The highest BCUT2D eigenvalue weighted by Gasteiger charge is 1.96. The zero-order valence-corrected chi connectivity index (χ0v) is 4.70. The van der Waals surface area contributed by atoms with Gasteiger partial charge in [-0.15, -0.1) is 0 Å². The van der Waals surface area contributed by atoms with E-state index in [1.165, 1.54) is 0 Å². The third kappa shape index (κ3) is 3.32. The molecule has 5 nitrogen and oxygen atoms in total. The van der Waals surface area contributed by atoms with Crippen molar-refractivity contribution in [2.75, 3.05) is 0 Å². The molecule has 0 atom stereocenters. The first kappa shape index (κ1) is 7.12. The number of carbonyl (C=O) groups is 1. The molecule has 0 heterocycles. The molecule has 0 saturated heterocycles. The quantitative estimate of drug-likeness (QED) is 0.287. The lowest BCUT2D eigenvalue weighted by molar-refractivity contribution is 0.153. The van der Waals surface area contributed by atoms with Crippen molar-refractivity contribution in [3.05, 3.63) is 0 Å². The summed E-state index contributed by atoms with van der Waals surface area (Å²) in [6.07, 6.45) is -0.863. The van der Waals surface area contributed by atoms with Gasteiger partial charge in [0, 0.05) is 0 Å². The number of carbonyl (C=O) groups excluding carboxylic acids is 1. The van der Waals surface area contributed by atoms with Gasteiger partial charge < -0.3 is 10.6 Å². The third-order valence-electron chi connectivity index (χ3n) is 0.332. The Labute approximate surface area is 50.9 Å². The minimum absolute atomic E-state index is 0.166. The molecule has 0 radical (unpaired) electrons. The number of hydrogen-bond acceptors (Lipinski definition) is 4. The summed E-state index contributed by atoms with van der Waals surface area (Å²) in [6.45, 7) is 0. The first-order valence-corrected chi connectivity index (χ1v) is 2.04. The fraction of sp³-hybridized carbons (Fsp3) is 0. The van der Waals surface area contributed by atoms with E-state index >= 15 is 0 Å².